The lowest BCUT2D eigenvalue weighted by atomic mass is 9.86. The van der Waals surface area contributed by atoms with E-state index in [0.717, 1.165) is 30.7 Å². The molecule has 2 aromatic heterocycles. The Morgan fingerprint density at radius 3 is 2.40 bits per heavy atom. The molecule has 0 bridgehead atoms. The minimum absolute atomic E-state index is 0.0622. The van der Waals surface area contributed by atoms with E-state index < -0.39 is 22.7 Å². The summed E-state index contributed by atoms with van der Waals surface area (Å²) in [4.78, 5) is 45.0. The Bertz CT molecular complexity index is 1850. The number of amides is 1. The number of rotatable bonds is 5. The number of benzene rings is 3. The summed E-state index contributed by atoms with van der Waals surface area (Å²) in [6, 6.07) is 20.3. The van der Waals surface area contributed by atoms with Crippen molar-refractivity contribution < 1.29 is 19.4 Å². The van der Waals surface area contributed by atoms with E-state index in [9.17, 15) is 24.6 Å². The molecular formula is C32H28N2O6. The minimum atomic E-state index is -0.958. The molecule has 1 aliphatic rings. The summed E-state index contributed by atoms with van der Waals surface area (Å²) in [6.45, 7) is 1.24. The van der Waals surface area contributed by atoms with E-state index in [-0.39, 0.29) is 45.9 Å². The highest BCUT2D eigenvalue weighted by molar-refractivity contribution is 5.91. The highest BCUT2D eigenvalue weighted by atomic mass is 16.3. The Kier molecular flexibility index (Phi) is 6.59. The fourth-order valence-corrected chi connectivity index (χ4v) is 5.64. The molecule has 0 saturated carbocycles. The van der Waals surface area contributed by atoms with Gasteiger partial charge in [-0.25, -0.2) is 0 Å². The summed E-state index contributed by atoms with van der Waals surface area (Å²) in [5, 5.41) is 22.6. The van der Waals surface area contributed by atoms with E-state index in [4.69, 9.17) is 4.42 Å². The Labute approximate surface area is 229 Å². The van der Waals surface area contributed by atoms with Crippen LogP contribution >= 0.6 is 0 Å². The molecule has 1 amide bonds. The highest BCUT2D eigenvalue weighted by Gasteiger charge is 2.31. The number of H-pyrrole nitrogens is 1. The van der Waals surface area contributed by atoms with E-state index in [0.29, 0.717) is 24.2 Å². The molecule has 1 atom stereocenters. The van der Waals surface area contributed by atoms with Crippen molar-refractivity contribution in [2.45, 2.75) is 31.6 Å². The first-order chi connectivity index (χ1) is 19.4. The second-order valence-corrected chi connectivity index (χ2v) is 10.2. The molecule has 1 fully saturated rings. The Balaban J connectivity index is 1.61. The van der Waals surface area contributed by atoms with Crippen molar-refractivity contribution in [3.8, 4) is 22.8 Å². The largest absolute Gasteiger partial charge is 0.507 e. The number of aromatic hydroxyl groups is 2. The fraction of sp³-hybridized carbons (Fsp3) is 0.219. The Morgan fingerprint density at radius 1 is 0.900 bits per heavy atom. The van der Waals surface area contributed by atoms with Crippen LogP contribution < -0.4 is 11.0 Å². The average Bonchev–Trinajstić information content (AvgIpc) is 2.96. The monoisotopic (exact) mass is 536 g/mol. The number of phenolic OH excluding ortho intramolecular Hbond substituents is 2. The highest BCUT2D eigenvalue weighted by Crippen LogP contribution is 2.42. The number of nitrogens with one attached hydrogen (secondary N) is 1. The Morgan fingerprint density at radius 2 is 1.62 bits per heavy atom. The summed E-state index contributed by atoms with van der Waals surface area (Å²) in [5.41, 5.74) is 0.625. The van der Waals surface area contributed by atoms with Crippen LogP contribution in [0.15, 0.2) is 86.8 Å². The molecule has 0 radical (unpaired) electrons. The zero-order valence-corrected chi connectivity index (χ0v) is 21.7. The van der Waals surface area contributed by atoms with Gasteiger partial charge in [-0.15, -0.1) is 0 Å². The Hall–Kier alpha value is -4.85. The number of hydrogen-bond acceptors (Lipinski definition) is 6. The number of fused-ring (bicyclic) bond motifs is 2. The van der Waals surface area contributed by atoms with Gasteiger partial charge in [-0.2, -0.15) is 0 Å². The molecule has 1 unspecified atom stereocenters. The molecule has 0 spiro atoms. The van der Waals surface area contributed by atoms with Gasteiger partial charge in [-0.3, -0.25) is 14.4 Å². The predicted molar refractivity (Wildman–Crippen MR) is 153 cm³/mol. The van der Waals surface area contributed by atoms with E-state index in [1.165, 1.54) is 6.07 Å². The number of piperidine rings is 1. The molecule has 3 heterocycles. The number of phenols is 2. The number of carbonyl (C=O) groups is 1. The molecule has 8 nitrogen and oxygen atoms in total. The van der Waals surface area contributed by atoms with Gasteiger partial charge in [0.2, 0.25) is 5.91 Å². The molecule has 6 rings (SSSR count). The quantitative estimate of drug-likeness (QED) is 0.282. The second kappa shape index (κ2) is 10.4. The summed E-state index contributed by atoms with van der Waals surface area (Å²) >= 11 is 0. The van der Waals surface area contributed by atoms with Crippen LogP contribution in [0.25, 0.3) is 33.2 Å². The number of pyridine rings is 1. The van der Waals surface area contributed by atoms with Crippen LogP contribution in [0.2, 0.25) is 0 Å². The number of hydrogen-bond donors (Lipinski definition) is 3. The number of carbonyl (C=O) groups excluding carboxylic acids is 1. The van der Waals surface area contributed by atoms with Gasteiger partial charge in [0.05, 0.1) is 0 Å². The van der Waals surface area contributed by atoms with Crippen molar-refractivity contribution in [3.63, 3.8) is 0 Å². The first kappa shape index (κ1) is 25.4. The predicted octanol–water partition coefficient (Wildman–Crippen LogP) is 5.25. The average molecular weight is 537 g/mol. The van der Waals surface area contributed by atoms with Crippen molar-refractivity contribution >= 4 is 27.8 Å². The van der Waals surface area contributed by atoms with E-state index >= 15 is 0 Å². The standard InChI is InChI=1S/C32H28N2O6/c35-24-17-25(36)30-26(37)18-27(19-9-3-1-4-10-19)40-31(30)29(24)21(16-28(38)34-13-7-2-8-14-34)22-15-20-11-5-6-12-23(20)33-32(22)39/h1,3-6,9-12,15,17-18,21,35-36H,2,7-8,13-14,16H2,(H,33,39). The van der Waals surface area contributed by atoms with Crippen LogP contribution in [0.5, 0.6) is 11.5 Å². The second-order valence-electron chi connectivity index (χ2n) is 10.2. The summed E-state index contributed by atoms with van der Waals surface area (Å²) in [6.07, 6.45) is 2.72. The molecule has 3 aromatic carbocycles. The van der Waals surface area contributed by atoms with Crippen LogP contribution in [0, 0.1) is 0 Å². The zero-order valence-electron chi connectivity index (χ0n) is 21.7. The topological polar surface area (TPSA) is 124 Å². The first-order valence-electron chi connectivity index (χ1n) is 13.4. The van der Waals surface area contributed by atoms with Gasteiger partial charge in [-0.1, -0.05) is 48.5 Å². The van der Waals surface area contributed by atoms with Crippen LogP contribution in [0.3, 0.4) is 0 Å². The van der Waals surface area contributed by atoms with Gasteiger partial charge in [0.15, 0.2) is 5.43 Å². The third-order valence-corrected chi connectivity index (χ3v) is 7.65. The van der Waals surface area contributed by atoms with Crippen LogP contribution in [-0.4, -0.2) is 39.1 Å². The minimum Gasteiger partial charge on any atom is -0.507 e. The zero-order chi connectivity index (χ0) is 27.8. The van der Waals surface area contributed by atoms with Crippen molar-refractivity contribution in [1.29, 1.82) is 0 Å². The van der Waals surface area contributed by atoms with Crippen molar-refractivity contribution in [2.24, 2.45) is 0 Å². The van der Waals surface area contributed by atoms with Gasteiger partial charge in [-0.05, 0) is 36.8 Å². The third kappa shape index (κ3) is 4.62. The molecule has 202 valence electrons. The van der Waals surface area contributed by atoms with Crippen molar-refractivity contribution in [2.75, 3.05) is 13.1 Å². The van der Waals surface area contributed by atoms with Gasteiger partial charge in [0.25, 0.3) is 5.56 Å². The number of likely N-dealkylation sites (tertiary alicyclic amines) is 1. The van der Waals surface area contributed by atoms with Crippen LogP contribution in [0.1, 0.15) is 42.7 Å². The van der Waals surface area contributed by atoms with Gasteiger partial charge in [0.1, 0.15) is 28.2 Å². The van der Waals surface area contributed by atoms with Crippen molar-refractivity contribution in [1.82, 2.24) is 9.88 Å². The van der Waals surface area contributed by atoms with E-state index in [1.807, 2.05) is 24.3 Å². The molecule has 3 N–H and O–H groups in total. The molecule has 40 heavy (non-hydrogen) atoms. The lowest BCUT2D eigenvalue weighted by Crippen LogP contribution is -2.37. The summed E-state index contributed by atoms with van der Waals surface area (Å²) in [5.74, 6) is -1.71. The molecular weight excluding hydrogens is 508 g/mol. The van der Waals surface area contributed by atoms with Crippen LogP contribution in [0.4, 0.5) is 0 Å². The van der Waals surface area contributed by atoms with Crippen molar-refractivity contribution in [3.05, 3.63) is 105 Å². The lowest BCUT2D eigenvalue weighted by Gasteiger charge is -2.29. The molecule has 8 heteroatoms. The SMILES string of the molecule is O=C(CC(c1cc2ccccc2[nH]c1=O)c1c(O)cc(O)c2c(=O)cc(-c3ccccc3)oc12)N1CCCCC1. The number of para-hydroxylation sites is 1. The molecule has 1 aliphatic heterocycles. The normalized spacial score (nSPS) is 14.4. The molecule has 1 saturated heterocycles. The first-order valence-corrected chi connectivity index (χ1v) is 13.4. The summed E-state index contributed by atoms with van der Waals surface area (Å²) in [7, 11) is 0. The maximum atomic E-state index is 13.6. The number of aromatic amines is 1. The van der Waals surface area contributed by atoms with Gasteiger partial charge in [0, 0.05) is 59.8 Å². The van der Waals surface area contributed by atoms with E-state index in [2.05, 4.69) is 4.98 Å². The number of nitrogens with zero attached hydrogens (tertiary/aromatic N) is 1. The van der Waals surface area contributed by atoms with Crippen LogP contribution in [-0.2, 0) is 4.79 Å². The fourth-order valence-electron chi connectivity index (χ4n) is 5.64. The van der Waals surface area contributed by atoms with Gasteiger partial charge >= 0.3 is 0 Å². The van der Waals surface area contributed by atoms with E-state index in [1.54, 1.807) is 41.3 Å². The molecule has 0 aliphatic carbocycles. The summed E-state index contributed by atoms with van der Waals surface area (Å²) < 4.78 is 6.22. The lowest BCUT2D eigenvalue weighted by molar-refractivity contribution is -0.132. The maximum Gasteiger partial charge on any atom is 0.252 e. The number of aromatic nitrogens is 1. The smallest absolute Gasteiger partial charge is 0.252 e. The maximum absolute atomic E-state index is 13.6. The van der Waals surface area contributed by atoms with Gasteiger partial charge < -0.3 is 24.5 Å². The molecule has 5 aromatic rings. The third-order valence-electron chi connectivity index (χ3n) is 7.65.